The number of rotatable bonds is 12. The Balaban J connectivity index is 1.68. The average molecular weight is 531 g/mol. The monoisotopic (exact) mass is 530 g/mol. The molecule has 4 aliphatic rings. The molecule has 2 aliphatic heterocycles. The molecule has 0 unspecified atom stereocenters. The molecule has 0 aromatic heterocycles. The van der Waals surface area contributed by atoms with Crippen LogP contribution in [0.4, 0.5) is 0 Å². The molecular formula is C30H46N2O6. The van der Waals surface area contributed by atoms with Crippen LogP contribution in [0.25, 0.3) is 0 Å². The highest BCUT2D eigenvalue weighted by Gasteiger charge is 2.63. The van der Waals surface area contributed by atoms with E-state index in [0.29, 0.717) is 26.1 Å². The predicted octanol–water partition coefficient (Wildman–Crippen LogP) is 4.14. The fourth-order valence-electron chi connectivity index (χ4n) is 6.41. The molecule has 1 N–H and O–H groups in total. The number of allylic oxidation sites excluding steroid dienone is 1. The molecule has 2 aliphatic carbocycles. The Kier molecular flexibility index (Phi) is 9.69. The Hall–Kier alpha value is -2.19. The topological polar surface area (TPSA) is 94.2 Å². The highest BCUT2D eigenvalue weighted by Crippen LogP contribution is 2.56. The third kappa shape index (κ3) is 6.17. The Morgan fingerprint density at radius 3 is 2.66 bits per heavy atom. The number of nitrogens with zero attached hydrogens (tertiary/aromatic N) is 1. The molecule has 2 heterocycles. The van der Waals surface area contributed by atoms with Gasteiger partial charge in [0.1, 0.15) is 5.41 Å². The first kappa shape index (κ1) is 28.8. The minimum atomic E-state index is -1.09. The number of amides is 2. The van der Waals surface area contributed by atoms with E-state index in [-0.39, 0.29) is 54.7 Å². The van der Waals surface area contributed by atoms with Crippen molar-refractivity contribution in [3.05, 3.63) is 23.4 Å². The SMILES string of the molecule is COCCCNC(=O)C[C@H]1C[C@@]2(C(=O)OC)C(=C[C@H](C(C)C)O[C@@H]2C2CC2)N(CCC2=CCCCC2)C1=O. The van der Waals surface area contributed by atoms with Crippen LogP contribution in [0, 0.1) is 23.2 Å². The molecule has 1 saturated carbocycles. The largest absolute Gasteiger partial charge is 0.468 e. The molecule has 0 spiro atoms. The lowest BCUT2D eigenvalue weighted by Gasteiger charge is -2.53. The quantitative estimate of drug-likeness (QED) is 0.232. The molecule has 1 saturated heterocycles. The first-order valence-electron chi connectivity index (χ1n) is 14.5. The van der Waals surface area contributed by atoms with E-state index in [1.807, 2.05) is 11.0 Å². The predicted molar refractivity (Wildman–Crippen MR) is 144 cm³/mol. The van der Waals surface area contributed by atoms with E-state index >= 15 is 0 Å². The first-order chi connectivity index (χ1) is 18.3. The van der Waals surface area contributed by atoms with Gasteiger partial charge < -0.3 is 24.4 Å². The lowest BCUT2D eigenvalue weighted by Crippen LogP contribution is -2.62. The van der Waals surface area contributed by atoms with Crippen LogP contribution in [0.3, 0.4) is 0 Å². The minimum Gasteiger partial charge on any atom is -0.468 e. The lowest BCUT2D eigenvalue weighted by atomic mass is 9.64. The second-order valence-corrected chi connectivity index (χ2v) is 11.8. The number of piperidine rings is 1. The number of hydrogen-bond acceptors (Lipinski definition) is 6. The van der Waals surface area contributed by atoms with Crippen molar-refractivity contribution >= 4 is 17.8 Å². The summed E-state index contributed by atoms with van der Waals surface area (Å²) < 4.78 is 17.2. The molecule has 4 atom stereocenters. The van der Waals surface area contributed by atoms with Crippen molar-refractivity contribution in [2.75, 3.05) is 33.9 Å². The summed E-state index contributed by atoms with van der Waals surface area (Å²) in [6.07, 6.45) is 12.0. The lowest BCUT2D eigenvalue weighted by molar-refractivity contribution is -0.182. The molecule has 2 fully saturated rings. The van der Waals surface area contributed by atoms with Gasteiger partial charge in [0.25, 0.3) is 0 Å². The van der Waals surface area contributed by atoms with Crippen LogP contribution in [0.5, 0.6) is 0 Å². The second kappa shape index (κ2) is 12.8. The van der Waals surface area contributed by atoms with Gasteiger partial charge in [-0.1, -0.05) is 25.5 Å². The summed E-state index contributed by atoms with van der Waals surface area (Å²) in [5.41, 5.74) is 1.03. The van der Waals surface area contributed by atoms with Crippen LogP contribution in [-0.4, -0.2) is 68.8 Å². The Labute approximate surface area is 227 Å². The molecule has 8 nitrogen and oxygen atoms in total. The standard InChI is InChI=1S/C30H46N2O6/c1-20(2)24-18-25-30(29(35)37-4,27(38-24)22-11-12-22)19-23(17-26(33)31-14-8-16-36-3)28(34)32(25)15-13-21-9-6-5-7-10-21/h9,18,20,22-24,27H,5-8,10-17,19H2,1-4H3,(H,31,33)/t23-,24+,27+,30+/m0/s1. The molecule has 212 valence electrons. The summed E-state index contributed by atoms with van der Waals surface area (Å²) in [5, 5.41) is 2.92. The van der Waals surface area contributed by atoms with Gasteiger partial charge in [0, 0.05) is 44.8 Å². The van der Waals surface area contributed by atoms with Gasteiger partial charge in [-0.25, -0.2) is 0 Å². The van der Waals surface area contributed by atoms with Gasteiger partial charge in [-0.15, -0.1) is 0 Å². The van der Waals surface area contributed by atoms with Gasteiger partial charge in [0.15, 0.2) is 0 Å². The zero-order valence-corrected chi connectivity index (χ0v) is 23.6. The fourth-order valence-corrected chi connectivity index (χ4v) is 6.41. The van der Waals surface area contributed by atoms with Crippen LogP contribution < -0.4 is 5.32 Å². The van der Waals surface area contributed by atoms with Crippen molar-refractivity contribution in [3.63, 3.8) is 0 Å². The smallest absolute Gasteiger partial charge is 0.320 e. The maximum Gasteiger partial charge on any atom is 0.320 e. The molecule has 0 bridgehead atoms. The molecule has 0 aromatic rings. The number of fused-ring (bicyclic) bond motifs is 1. The maximum atomic E-state index is 14.1. The van der Waals surface area contributed by atoms with Crippen molar-refractivity contribution in [1.29, 1.82) is 0 Å². The Bertz CT molecular complexity index is 939. The van der Waals surface area contributed by atoms with Crippen LogP contribution >= 0.6 is 0 Å². The van der Waals surface area contributed by atoms with Gasteiger partial charge >= 0.3 is 5.97 Å². The third-order valence-electron chi connectivity index (χ3n) is 8.62. The van der Waals surface area contributed by atoms with Crippen molar-refractivity contribution in [3.8, 4) is 0 Å². The second-order valence-electron chi connectivity index (χ2n) is 11.8. The third-order valence-corrected chi connectivity index (χ3v) is 8.62. The number of methoxy groups -OCH3 is 2. The van der Waals surface area contributed by atoms with E-state index in [1.165, 1.54) is 25.5 Å². The number of likely N-dealkylation sites (tertiary alicyclic amines) is 1. The first-order valence-corrected chi connectivity index (χ1v) is 14.5. The number of ether oxygens (including phenoxy) is 3. The molecular weight excluding hydrogens is 484 g/mol. The molecule has 2 amide bonds. The van der Waals surface area contributed by atoms with Crippen LogP contribution in [0.2, 0.25) is 0 Å². The Morgan fingerprint density at radius 2 is 2.03 bits per heavy atom. The highest BCUT2D eigenvalue weighted by molar-refractivity contribution is 5.92. The fraction of sp³-hybridized carbons (Fsp3) is 0.767. The number of carbonyl (C=O) groups excluding carboxylic acids is 3. The number of nitrogens with one attached hydrogen (secondary N) is 1. The number of carbonyl (C=O) groups is 3. The molecule has 38 heavy (non-hydrogen) atoms. The van der Waals surface area contributed by atoms with Crippen LogP contribution in [0.15, 0.2) is 23.4 Å². The zero-order valence-electron chi connectivity index (χ0n) is 23.6. The van der Waals surface area contributed by atoms with Crippen molar-refractivity contribution in [1.82, 2.24) is 10.2 Å². The molecule has 0 radical (unpaired) electrons. The van der Waals surface area contributed by atoms with Crippen molar-refractivity contribution in [2.24, 2.45) is 23.2 Å². The zero-order chi connectivity index (χ0) is 27.3. The maximum absolute atomic E-state index is 14.1. The normalized spacial score (nSPS) is 29.4. The van der Waals surface area contributed by atoms with Gasteiger partial charge in [-0.05, 0) is 75.7 Å². The van der Waals surface area contributed by atoms with E-state index < -0.39 is 11.3 Å². The molecule has 4 rings (SSSR count). The van der Waals surface area contributed by atoms with E-state index in [9.17, 15) is 14.4 Å². The van der Waals surface area contributed by atoms with Gasteiger partial charge in [0.05, 0.1) is 19.3 Å². The summed E-state index contributed by atoms with van der Waals surface area (Å²) in [4.78, 5) is 42.6. The van der Waals surface area contributed by atoms with E-state index in [0.717, 1.165) is 37.8 Å². The highest BCUT2D eigenvalue weighted by atomic mass is 16.5. The summed E-state index contributed by atoms with van der Waals surface area (Å²) in [7, 11) is 3.04. The van der Waals surface area contributed by atoms with Gasteiger partial charge in [-0.3, -0.25) is 14.4 Å². The summed E-state index contributed by atoms with van der Waals surface area (Å²) >= 11 is 0. The summed E-state index contributed by atoms with van der Waals surface area (Å²) in [5.74, 6) is -0.774. The van der Waals surface area contributed by atoms with Crippen LogP contribution in [0.1, 0.15) is 78.1 Å². The minimum absolute atomic E-state index is 0.0437. The van der Waals surface area contributed by atoms with E-state index in [2.05, 4.69) is 25.2 Å². The van der Waals surface area contributed by atoms with Crippen molar-refractivity contribution in [2.45, 2.75) is 90.3 Å². The summed E-state index contributed by atoms with van der Waals surface area (Å²) in [6.45, 7) is 5.76. The van der Waals surface area contributed by atoms with Crippen LogP contribution in [-0.2, 0) is 28.6 Å². The summed E-state index contributed by atoms with van der Waals surface area (Å²) in [6, 6.07) is 0. The van der Waals surface area contributed by atoms with E-state index in [4.69, 9.17) is 14.2 Å². The number of esters is 1. The molecule has 0 aromatic carbocycles. The Morgan fingerprint density at radius 1 is 1.24 bits per heavy atom. The van der Waals surface area contributed by atoms with Crippen molar-refractivity contribution < 1.29 is 28.6 Å². The molecule has 8 heteroatoms. The number of hydrogen-bond donors (Lipinski definition) is 1. The van der Waals surface area contributed by atoms with E-state index in [1.54, 1.807) is 7.11 Å². The van der Waals surface area contributed by atoms with Gasteiger partial charge in [0.2, 0.25) is 11.8 Å². The van der Waals surface area contributed by atoms with Gasteiger partial charge in [-0.2, -0.15) is 0 Å². The average Bonchev–Trinajstić information content (AvgIpc) is 3.76.